The van der Waals surface area contributed by atoms with E-state index >= 15 is 0 Å². The Labute approximate surface area is 163 Å². The van der Waals surface area contributed by atoms with Gasteiger partial charge in [-0.3, -0.25) is 9.89 Å². The fourth-order valence-corrected chi connectivity index (χ4v) is 3.59. The number of benzene rings is 1. The smallest absolute Gasteiger partial charge is 0.191 e. The molecule has 1 saturated heterocycles. The summed E-state index contributed by atoms with van der Waals surface area (Å²) in [6.45, 7) is 8.26. The summed E-state index contributed by atoms with van der Waals surface area (Å²) in [7, 11) is 0. The zero-order chi connectivity index (χ0) is 18.5. The van der Waals surface area contributed by atoms with Gasteiger partial charge in [0, 0.05) is 26.2 Å². The quantitative estimate of drug-likeness (QED) is 0.372. The number of rotatable bonds is 10. The van der Waals surface area contributed by atoms with Crippen LogP contribution < -0.4 is 10.6 Å². The topological polar surface area (TPSA) is 48.9 Å². The molecule has 1 heterocycles. The van der Waals surface area contributed by atoms with Crippen molar-refractivity contribution in [1.82, 2.24) is 15.5 Å². The lowest BCUT2D eigenvalue weighted by molar-refractivity contribution is 0.0179. The number of morpholine rings is 1. The number of nitrogens with zero attached hydrogens (tertiary/aromatic N) is 2. The first-order chi connectivity index (χ1) is 12.8. The first kappa shape index (κ1) is 21.1. The molecule has 0 spiro atoms. The molecule has 26 heavy (non-hydrogen) atoms. The molecule has 1 atom stereocenters. The maximum Gasteiger partial charge on any atom is 0.191 e. The Balaban J connectivity index is 1.98. The van der Waals surface area contributed by atoms with Crippen molar-refractivity contribution in [2.24, 2.45) is 4.99 Å². The van der Waals surface area contributed by atoms with Gasteiger partial charge in [-0.1, -0.05) is 30.3 Å². The van der Waals surface area contributed by atoms with E-state index in [1.165, 1.54) is 24.2 Å². The zero-order valence-corrected chi connectivity index (χ0v) is 17.1. The predicted molar refractivity (Wildman–Crippen MR) is 113 cm³/mol. The Morgan fingerprint density at radius 1 is 1.19 bits per heavy atom. The molecule has 146 valence electrons. The van der Waals surface area contributed by atoms with E-state index in [9.17, 15) is 0 Å². The summed E-state index contributed by atoms with van der Waals surface area (Å²) in [5, 5.41) is 6.85. The number of unbranched alkanes of at least 4 members (excludes halogenated alkanes) is 1. The van der Waals surface area contributed by atoms with Gasteiger partial charge in [-0.05, 0) is 37.3 Å². The van der Waals surface area contributed by atoms with Crippen molar-refractivity contribution in [3.8, 4) is 0 Å². The number of hydrogen-bond donors (Lipinski definition) is 2. The number of nitrogens with one attached hydrogen (secondary N) is 2. The van der Waals surface area contributed by atoms with Crippen molar-refractivity contribution in [2.75, 3.05) is 57.9 Å². The molecule has 5 nitrogen and oxygen atoms in total. The molecule has 0 aliphatic carbocycles. The van der Waals surface area contributed by atoms with Gasteiger partial charge in [0.2, 0.25) is 0 Å². The summed E-state index contributed by atoms with van der Waals surface area (Å²) in [6, 6.07) is 11.0. The maximum absolute atomic E-state index is 5.53. The predicted octanol–water partition coefficient (Wildman–Crippen LogP) is 2.76. The van der Waals surface area contributed by atoms with Crippen LogP contribution in [0.25, 0.3) is 0 Å². The highest BCUT2D eigenvalue weighted by Gasteiger charge is 2.22. The molecule has 1 aliphatic heterocycles. The third kappa shape index (κ3) is 7.56. The molecule has 1 fully saturated rings. The highest BCUT2D eigenvalue weighted by molar-refractivity contribution is 7.98. The maximum atomic E-state index is 5.53. The lowest BCUT2D eigenvalue weighted by Gasteiger charge is -2.34. The van der Waals surface area contributed by atoms with Crippen LogP contribution in [-0.2, 0) is 4.74 Å². The number of aliphatic imine (C=N–C) groups is 1. The van der Waals surface area contributed by atoms with E-state index in [-0.39, 0.29) is 0 Å². The second-order valence-electron chi connectivity index (χ2n) is 6.42. The molecule has 6 heteroatoms. The number of hydrogen-bond acceptors (Lipinski definition) is 4. The van der Waals surface area contributed by atoms with Crippen LogP contribution in [0.3, 0.4) is 0 Å². The minimum Gasteiger partial charge on any atom is -0.379 e. The standard InChI is InChI=1S/C20H34N4OS/c1-3-21-20(22-11-7-8-16-26-2)23-17-19(18-9-5-4-6-10-18)24-12-14-25-15-13-24/h4-6,9-10,19H,3,7-8,11-17H2,1-2H3,(H2,21,22,23). The van der Waals surface area contributed by atoms with Crippen molar-refractivity contribution in [3.05, 3.63) is 35.9 Å². The molecule has 1 aromatic carbocycles. The third-order valence-electron chi connectivity index (χ3n) is 4.51. The average molecular weight is 379 g/mol. The Morgan fingerprint density at radius 2 is 1.96 bits per heavy atom. The van der Waals surface area contributed by atoms with Crippen molar-refractivity contribution >= 4 is 17.7 Å². The first-order valence-electron chi connectivity index (χ1n) is 9.73. The SMILES string of the molecule is CCNC(=NCC(c1ccccc1)N1CCOCC1)NCCCCSC. The minimum absolute atomic E-state index is 0.298. The molecule has 0 saturated carbocycles. The van der Waals surface area contributed by atoms with Crippen molar-refractivity contribution < 1.29 is 4.74 Å². The zero-order valence-electron chi connectivity index (χ0n) is 16.2. The molecule has 0 radical (unpaired) electrons. The lowest BCUT2D eigenvalue weighted by atomic mass is 10.1. The molecule has 2 rings (SSSR count). The largest absolute Gasteiger partial charge is 0.379 e. The molecule has 0 aromatic heterocycles. The van der Waals surface area contributed by atoms with E-state index in [0.29, 0.717) is 6.04 Å². The highest BCUT2D eigenvalue weighted by atomic mass is 32.2. The first-order valence-corrected chi connectivity index (χ1v) is 11.1. The molecule has 2 N–H and O–H groups in total. The van der Waals surface area contributed by atoms with Gasteiger partial charge in [-0.25, -0.2) is 0 Å². The van der Waals surface area contributed by atoms with Gasteiger partial charge in [0.05, 0.1) is 25.8 Å². The van der Waals surface area contributed by atoms with E-state index in [1.807, 2.05) is 11.8 Å². The molecular formula is C20H34N4OS. The lowest BCUT2D eigenvalue weighted by Crippen LogP contribution is -2.42. The Morgan fingerprint density at radius 3 is 2.65 bits per heavy atom. The summed E-state index contributed by atoms with van der Waals surface area (Å²) in [5.41, 5.74) is 1.33. The van der Waals surface area contributed by atoms with Crippen LogP contribution in [0.15, 0.2) is 35.3 Å². The number of ether oxygens (including phenoxy) is 1. The molecular weight excluding hydrogens is 344 g/mol. The van der Waals surface area contributed by atoms with E-state index in [2.05, 4.69) is 59.0 Å². The van der Waals surface area contributed by atoms with Crippen LogP contribution in [0.4, 0.5) is 0 Å². The van der Waals surface area contributed by atoms with Crippen LogP contribution in [-0.4, -0.2) is 68.8 Å². The number of guanidine groups is 1. The van der Waals surface area contributed by atoms with Crippen LogP contribution >= 0.6 is 11.8 Å². The molecule has 1 unspecified atom stereocenters. The average Bonchev–Trinajstić information content (AvgIpc) is 2.69. The van der Waals surface area contributed by atoms with Gasteiger partial charge < -0.3 is 15.4 Å². The number of thioether (sulfide) groups is 1. The van der Waals surface area contributed by atoms with E-state index in [0.717, 1.165) is 51.9 Å². The summed E-state index contributed by atoms with van der Waals surface area (Å²) in [6.07, 6.45) is 4.58. The van der Waals surface area contributed by atoms with Gasteiger partial charge >= 0.3 is 0 Å². The minimum atomic E-state index is 0.298. The summed E-state index contributed by atoms with van der Waals surface area (Å²) in [4.78, 5) is 7.38. The van der Waals surface area contributed by atoms with Crippen LogP contribution in [0.1, 0.15) is 31.4 Å². The molecule has 1 aromatic rings. The van der Waals surface area contributed by atoms with Crippen molar-refractivity contribution in [3.63, 3.8) is 0 Å². The van der Waals surface area contributed by atoms with Gasteiger partial charge in [0.25, 0.3) is 0 Å². The highest BCUT2D eigenvalue weighted by Crippen LogP contribution is 2.22. The van der Waals surface area contributed by atoms with Crippen molar-refractivity contribution in [1.29, 1.82) is 0 Å². The van der Waals surface area contributed by atoms with E-state index in [4.69, 9.17) is 9.73 Å². The Bertz CT molecular complexity index is 506. The van der Waals surface area contributed by atoms with Crippen LogP contribution in [0.5, 0.6) is 0 Å². The molecule has 1 aliphatic rings. The normalized spacial score (nSPS) is 17.1. The van der Waals surface area contributed by atoms with Crippen LogP contribution in [0, 0.1) is 0 Å². The summed E-state index contributed by atoms with van der Waals surface area (Å²) >= 11 is 1.91. The second kappa shape index (κ2) is 13.0. The second-order valence-corrected chi connectivity index (χ2v) is 7.41. The van der Waals surface area contributed by atoms with E-state index < -0.39 is 0 Å². The van der Waals surface area contributed by atoms with Gasteiger partial charge in [-0.15, -0.1) is 0 Å². The van der Waals surface area contributed by atoms with Gasteiger partial charge in [0.15, 0.2) is 5.96 Å². The third-order valence-corrected chi connectivity index (χ3v) is 5.20. The fourth-order valence-electron chi connectivity index (χ4n) is 3.09. The fraction of sp³-hybridized carbons (Fsp3) is 0.650. The van der Waals surface area contributed by atoms with Gasteiger partial charge in [-0.2, -0.15) is 11.8 Å². The Kier molecular flexibility index (Phi) is 10.5. The van der Waals surface area contributed by atoms with Crippen molar-refractivity contribution in [2.45, 2.75) is 25.8 Å². The summed E-state index contributed by atoms with van der Waals surface area (Å²) < 4.78 is 5.53. The van der Waals surface area contributed by atoms with Crippen LogP contribution in [0.2, 0.25) is 0 Å². The molecule has 0 amide bonds. The summed E-state index contributed by atoms with van der Waals surface area (Å²) in [5.74, 6) is 2.15. The van der Waals surface area contributed by atoms with E-state index in [1.54, 1.807) is 0 Å². The molecule has 0 bridgehead atoms. The Hall–Kier alpha value is -1.24. The van der Waals surface area contributed by atoms with Gasteiger partial charge in [0.1, 0.15) is 0 Å². The monoisotopic (exact) mass is 378 g/mol.